The van der Waals surface area contributed by atoms with Crippen molar-refractivity contribution in [3.8, 4) is 33.1 Å². The molecule has 2 aromatic carbocycles. The lowest BCUT2D eigenvalue weighted by Crippen LogP contribution is -1.91. The average molecular weight is 479 g/mol. The normalized spacial score (nSPS) is 11.5. The van der Waals surface area contributed by atoms with Gasteiger partial charge in [0.2, 0.25) is 0 Å². The SMILES string of the molecule is CCc1cc(N)cc(-c2cnc3n[nH]c(-c4nc5c(-c6ccc(C(C)=O)s6)cccc5[nH]4)c3c2)c1. The van der Waals surface area contributed by atoms with Gasteiger partial charge >= 0.3 is 0 Å². The lowest BCUT2D eigenvalue weighted by atomic mass is 10.0. The summed E-state index contributed by atoms with van der Waals surface area (Å²) in [6.07, 6.45) is 2.73. The topological polar surface area (TPSA) is 113 Å². The molecule has 0 amide bonds. The molecule has 6 rings (SSSR count). The molecule has 0 aliphatic rings. The Morgan fingerprint density at radius 3 is 2.77 bits per heavy atom. The summed E-state index contributed by atoms with van der Waals surface area (Å²) >= 11 is 1.48. The number of hydrogen-bond acceptors (Lipinski definition) is 6. The molecular formula is C27H22N6OS. The zero-order chi connectivity index (χ0) is 24.1. The van der Waals surface area contributed by atoms with E-state index in [1.807, 2.05) is 48.7 Å². The molecule has 0 aliphatic heterocycles. The zero-order valence-electron chi connectivity index (χ0n) is 19.2. The number of nitrogens with zero attached hydrogens (tertiary/aromatic N) is 3. The summed E-state index contributed by atoms with van der Waals surface area (Å²) in [5, 5.41) is 8.38. The van der Waals surface area contributed by atoms with Crippen molar-refractivity contribution in [1.82, 2.24) is 25.1 Å². The fourth-order valence-corrected chi connectivity index (χ4v) is 5.28. The number of ketones is 1. The number of fused-ring (bicyclic) bond motifs is 2. The number of rotatable bonds is 5. The molecule has 4 heterocycles. The number of benzene rings is 2. The fraction of sp³-hybridized carbons (Fsp3) is 0.111. The molecule has 0 unspecified atom stereocenters. The van der Waals surface area contributed by atoms with Gasteiger partial charge in [-0.15, -0.1) is 11.3 Å². The molecule has 0 bridgehead atoms. The Bertz CT molecular complexity index is 1740. The van der Waals surface area contributed by atoms with E-state index < -0.39 is 0 Å². The highest BCUT2D eigenvalue weighted by Crippen LogP contribution is 2.35. The maximum atomic E-state index is 11.8. The quantitative estimate of drug-likeness (QED) is 0.200. The largest absolute Gasteiger partial charge is 0.399 e. The first-order valence-corrected chi connectivity index (χ1v) is 12.2. The molecule has 7 nitrogen and oxygen atoms in total. The van der Waals surface area contributed by atoms with Gasteiger partial charge in [-0.2, -0.15) is 5.10 Å². The minimum atomic E-state index is 0.0644. The van der Waals surface area contributed by atoms with E-state index in [2.05, 4.69) is 39.2 Å². The molecule has 6 aromatic rings. The van der Waals surface area contributed by atoms with Gasteiger partial charge in [0, 0.05) is 27.9 Å². The number of carbonyl (C=O) groups is 1. The van der Waals surface area contributed by atoms with Gasteiger partial charge in [-0.1, -0.05) is 25.1 Å². The molecule has 0 atom stereocenters. The number of nitrogens with one attached hydrogen (secondary N) is 2. The van der Waals surface area contributed by atoms with Crippen LogP contribution in [-0.4, -0.2) is 30.9 Å². The average Bonchev–Trinajstić information content (AvgIpc) is 3.60. The third kappa shape index (κ3) is 3.68. The Morgan fingerprint density at radius 1 is 1.09 bits per heavy atom. The summed E-state index contributed by atoms with van der Waals surface area (Å²) in [4.78, 5) is 26.4. The molecule has 0 spiro atoms. The van der Waals surface area contributed by atoms with Crippen molar-refractivity contribution in [3.63, 3.8) is 0 Å². The highest BCUT2D eigenvalue weighted by molar-refractivity contribution is 7.17. The van der Waals surface area contributed by atoms with Crippen LogP contribution < -0.4 is 5.73 Å². The highest BCUT2D eigenvalue weighted by Gasteiger charge is 2.17. The number of carbonyl (C=O) groups excluding carboxylic acids is 1. The van der Waals surface area contributed by atoms with Crippen LogP contribution in [0.25, 0.3) is 55.2 Å². The van der Waals surface area contributed by atoms with Crippen molar-refractivity contribution in [2.45, 2.75) is 20.3 Å². The zero-order valence-corrected chi connectivity index (χ0v) is 20.0. The smallest absolute Gasteiger partial charge is 0.181 e. The standard InChI is InChI=1S/C27H22N6OS/c1-3-15-9-16(11-18(28)10-15)17-12-20-25(32-33-26(20)29-13-17)27-30-21-6-4-5-19(24(21)31-27)23-8-7-22(35-23)14(2)34/h4-13H,3,28H2,1-2H3,(H,30,31)(H,29,32,33). The van der Waals surface area contributed by atoms with E-state index in [9.17, 15) is 4.79 Å². The summed E-state index contributed by atoms with van der Waals surface area (Å²) < 4.78 is 0. The number of H-pyrrole nitrogens is 2. The molecule has 4 N–H and O–H groups in total. The van der Waals surface area contributed by atoms with E-state index in [1.54, 1.807) is 6.92 Å². The van der Waals surface area contributed by atoms with Gasteiger partial charge < -0.3 is 10.7 Å². The maximum Gasteiger partial charge on any atom is 0.181 e. The van der Waals surface area contributed by atoms with E-state index in [0.29, 0.717) is 11.5 Å². The summed E-state index contributed by atoms with van der Waals surface area (Å²) in [7, 11) is 0. The van der Waals surface area contributed by atoms with Crippen LogP contribution in [0.5, 0.6) is 0 Å². The van der Waals surface area contributed by atoms with Crippen molar-refractivity contribution >= 4 is 44.9 Å². The van der Waals surface area contributed by atoms with Crippen LogP contribution in [-0.2, 0) is 6.42 Å². The number of Topliss-reactive ketones (excluding diaryl/α,β-unsaturated/α-hetero) is 1. The van der Waals surface area contributed by atoms with E-state index >= 15 is 0 Å². The monoisotopic (exact) mass is 478 g/mol. The second kappa shape index (κ2) is 8.18. The number of nitrogen functional groups attached to an aromatic ring is 1. The number of aromatic amines is 2. The number of imidazole rings is 1. The molecule has 172 valence electrons. The first-order valence-electron chi connectivity index (χ1n) is 11.3. The highest BCUT2D eigenvalue weighted by atomic mass is 32.1. The predicted molar refractivity (Wildman–Crippen MR) is 142 cm³/mol. The summed E-state index contributed by atoms with van der Waals surface area (Å²) in [5.41, 5.74) is 14.2. The van der Waals surface area contributed by atoms with Gasteiger partial charge in [0.15, 0.2) is 17.3 Å². The van der Waals surface area contributed by atoms with Crippen molar-refractivity contribution < 1.29 is 4.79 Å². The Hall–Kier alpha value is -4.30. The predicted octanol–water partition coefficient (Wildman–Crippen LogP) is 6.24. The fourth-order valence-electron chi connectivity index (χ4n) is 4.35. The number of hydrogen-bond donors (Lipinski definition) is 3. The first-order chi connectivity index (χ1) is 17.0. The van der Waals surface area contributed by atoms with Crippen LogP contribution in [0, 0.1) is 0 Å². The molecule has 0 saturated heterocycles. The molecular weight excluding hydrogens is 456 g/mol. The van der Waals surface area contributed by atoms with Gasteiger partial charge in [-0.3, -0.25) is 9.89 Å². The summed E-state index contributed by atoms with van der Waals surface area (Å²) in [6.45, 7) is 3.70. The van der Waals surface area contributed by atoms with Gasteiger partial charge in [-0.05, 0) is 60.9 Å². The molecule has 35 heavy (non-hydrogen) atoms. The first kappa shape index (κ1) is 21.2. The Morgan fingerprint density at radius 2 is 1.97 bits per heavy atom. The summed E-state index contributed by atoms with van der Waals surface area (Å²) in [6, 6.07) is 18.0. The number of thiophene rings is 1. The number of anilines is 1. The number of aromatic nitrogens is 5. The van der Waals surface area contributed by atoms with Gasteiger partial charge in [0.05, 0.1) is 21.3 Å². The van der Waals surface area contributed by atoms with Crippen molar-refractivity contribution in [2.75, 3.05) is 5.73 Å². The molecule has 8 heteroatoms. The van der Waals surface area contributed by atoms with Crippen molar-refractivity contribution in [3.05, 3.63) is 71.2 Å². The minimum absolute atomic E-state index is 0.0644. The van der Waals surface area contributed by atoms with E-state index in [0.717, 1.165) is 60.7 Å². The third-order valence-electron chi connectivity index (χ3n) is 6.13. The molecule has 0 fully saturated rings. The number of pyridine rings is 1. The Balaban J connectivity index is 1.47. The van der Waals surface area contributed by atoms with Crippen LogP contribution in [0.1, 0.15) is 29.1 Å². The number of para-hydroxylation sites is 1. The second-order valence-electron chi connectivity index (χ2n) is 8.52. The Labute approximate surface area is 205 Å². The number of nitrogens with two attached hydrogens (primary N) is 1. The minimum Gasteiger partial charge on any atom is -0.399 e. The van der Waals surface area contributed by atoms with E-state index in [-0.39, 0.29) is 5.78 Å². The summed E-state index contributed by atoms with van der Waals surface area (Å²) in [5.74, 6) is 0.744. The van der Waals surface area contributed by atoms with Crippen LogP contribution in [0.4, 0.5) is 5.69 Å². The van der Waals surface area contributed by atoms with Crippen LogP contribution >= 0.6 is 11.3 Å². The van der Waals surface area contributed by atoms with Gasteiger partial charge in [0.25, 0.3) is 0 Å². The number of aryl methyl sites for hydroxylation is 1. The molecule has 0 radical (unpaired) electrons. The van der Waals surface area contributed by atoms with Gasteiger partial charge in [-0.25, -0.2) is 9.97 Å². The van der Waals surface area contributed by atoms with E-state index in [4.69, 9.17) is 10.7 Å². The van der Waals surface area contributed by atoms with Crippen molar-refractivity contribution in [1.29, 1.82) is 0 Å². The van der Waals surface area contributed by atoms with Gasteiger partial charge in [0.1, 0.15) is 5.69 Å². The van der Waals surface area contributed by atoms with Crippen LogP contribution in [0.2, 0.25) is 0 Å². The Kier molecular flexibility index (Phi) is 4.96. The molecule has 0 aliphatic carbocycles. The lowest BCUT2D eigenvalue weighted by molar-refractivity contribution is 0.102. The lowest BCUT2D eigenvalue weighted by Gasteiger charge is -2.06. The molecule has 0 saturated carbocycles. The van der Waals surface area contributed by atoms with E-state index in [1.165, 1.54) is 16.9 Å². The van der Waals surface area contributed by atoms with Crippen molar-refractivity contribution in [2.24, 2.45) is 0 Å². The second-order valence-corrected chi connectivity index (χ2v) is 9.60. The maximum absolute atomic E-state index is 11.8. The van der Waals surface area contributed by atoms with Crippen LogP contribution in [0.3, 0.4) is 0 Å². The third-order valence-corrected chi connectivity index (χ3v) is 7.35. The molecule has 4 aromatic heterocycles. The van der Waals surface area contributed by atoms with Crippen LogP contribution in [0.15, 0.2) is 60.8 Å².